The molecule has 3 heterocycles. The number of nitrogens with one attached hydrogen (secondary N) is 1. The van der Waals surface area contributed by atoms with Gasteiger partial charge in [0.1, 0.15) is 34.8 Å². The second-order valence-electron chi connectivity index (χ2n) is 9.17. The van der Waals surface area contributed by atoms with Gasteiger partial charge in [0.25, 0.3) is 11.8 Å². The standard InChI is InChI=1S/C29H26FN5O4.O2S/c1-19-2-7-22(8-3-19)38-24-12-14-35(15-13-24)29(37)26-18-31-25(17-32-26)28(36)34-21-6-11-27(33-16-21)39-23-9-4-20(30)5-10-23;1-3-2/h2-11,16-18,24H,12-15H2,1H3,(H,34,36);. The molecule has 0 saturated carbocycles. The van der Waals surface area contributed by atoms with E-state index in [1.807, 2.05) is 31.2 Å². The number of hydrogen-bond acceptors (Lipinski definition) is 9. The number of carbonyl (C=O) groups is 2. The van der Waals surface area contributed by atoms with Gasteiger partial charge in [-0.3, -0.25) is 9.59 Å². The Morgan fingerprint density at radius 3 is 2.07 bits per heavy atom. The van der Waals surface area contributed by atoms with Crippen LogP contribution in [0.25, 0.3) is 0 Å². The normalized spacial score (nSPS) is 12.9. The number of aromatic nitrogens is 3. The number of hydrogen-bond donors (Lipinski definition) is 1. The molecule has 0 atom stereocenters. The molecule has 2 aromatic heterocycles. The van der Waals surface area contributed by atoms with Crippen molar-refractivity contribution >= 4 is 29.1 Å². The summed E-state index contributed by atoms with van der Waals surface area (Å²) in [4.78, 5) is 39.6. The van der Waals surface area contributed by atoms with Gasteiger partial charge in [-0.2, -0.15) is 8.42 Å². The van der Waals surface area contributed by atoms with Crippen molar-refractivity contribution in [2.75, 3.05) is 18.4 Å². The Kier molecular flexibility index (Phi) is 10.4. The second kappa shape index (κ2) is 14.6. The second-order valence-corrected chi connectivity index (χ2v) is 9.31. The number of aryl methyl sites for hydroxylation is 1. The lowest BCUT2D eigenvalue weighted by Gasteiger charge is -2.32. The summed E-state index contributed by atoms with van der Waals surface area (Å²) in [5.41, 5.74) is 1.83. The molecule has 4 aromatic rings. The molecule has 0 aliphatic carbocycles. The van der Waals surface area contributed by atoms with Crippen LogP contribution in [0.4, 0.5) is 10.1 Å². The van der Waals surface area contributed by atoms with Crippen LogP contribution in [0.5, 0.6) is 17.4 Å². The van der Waals surface area contributed by atoms with Crippen LogP contribution in [0, 0.1) is 12.7 Å². The first-order valence-electron chi connectivity index (χ1n) is 12.8. The molecule has 1 saturated heterocycles. The minimum absolute atomic E-state index is 0.0481. The number of nitrogens with zero attached hydrogens (tertiary/aromatic N) is 4. The summed E-state index contributed by atoms with van der Waals surface area (Å²) in [6, 6.07) is 16.7. The van der Waals surface area contributed by atoms with Crippen molar-refractivity contribution in [1.82, 2.24) is 19.9 Å². The predicted octanol–water partition coefficient (Wildman–Crippen LogP) is 4.38. The summed E-state index contributed by atoms with van der Waals surface area (Å²) < 4.78 is 41.2. The van der Waals surface area contributed by atoms with E-state index in [1.165, 1.54) is 48.4 Å². The molecule has 5 rings (SSSR count). The van der Waals surface area contributed by atoms with E-state index in [-0.39, 0.29) is 35.1 Å². The van der Waals surface area contributed by atoms with Gasteiger partial charge in [0.2, 0.25) is 5.88 Å². The molecule has 0 unspecified atom stereocenters. The van der Waals surface area contributed by atoms with Crippen molar-refractivity contribution < 1.29 is 31.9 Å². The lowest BCUT2D eigenvalue weighted by molar-refractivity contribution is 0.0589. The van der Waals surface area contributed by atoms with Gasteiger partial charge in [-0.25, -0.2) is 19.3 Å². The predicted molar refractivity (Wildman–Crippen MR) is 150 cm³/mol. The minimum atomic E-state index is -0.750. The van der Waals surface area contributed by atoms with Gasteiger partial charge in [0, 0.05) is 32.0 Å². The van der Waals surface area contributed by atoms with E-state index in [1.54, 1.807) is 17.0 Å². The van der Waals surface area contributed by atoms with E-state index < -0.39 is 17.5 Å². The summed E-state index contributed by atoms with van der Waals surface area (Å²) in [7, 11) is 0. The number of ether oxygens (including phenoxy) is 2. The molecule has 216 valence electrons. The maximum atomic E-state index is 13.0. The SMILES string of the molecule is Cc1ccc(OC2CCN(C(=O)c3cnc(C(=O)Nc4ccc(Oc5ccc(F)cc5)nc4)cn3)CC2)cc1.O=S=O. The molecule has 1 aliphatic rings. The van der Waals surface area contributed by atoms with Gasteiger partial charge in [-0.05, 0) is 49.4 Å². The first kappa shape index (κ1) is 29.9. The van der Waals surface area contributed by atoms with Gasteiger partial charge < -0.3 is 19.7 Å². The number of carbonyl (C=O) groups excluding carboxylic acids is 2. The summed E-state index contributed by atoms with van der Waals surface area (Å²) in [6.45, 7) is 3.13. The largest absolute Gasteiger partial charge is 0.490 e. The molecule has 1 aliphatic heterocycles. The maximum Gasteiger partial charge on any atom is 0.335 e. The molecule has 42 heavy (non-hydrogen) atoms. The quantitative estimate of drug-likeness (QED) is 0.332. The third kappa shape index (κ3) is 8.48. The summed E-state index contributed by atoms with van der Waals surface area (Å²) in [5, 5.41) is 2.68. The average molecular weight is 592 g/mol. The highest BCUT2D eigenvalue weighted by atomic mass is 32.1. The molecule has 0 bridgehead atoms. The van der Waals surface area contributed by atoms with Crippen molar-refractivity contribution in [3.05, 3.63) is 102 Å². The van der Waals surface area contributed by atoms with Crippen LogP contribution in [0.15, 0.2) is 79.3 Å². The molecule has 1 fully saturated rings. The van der Waals surface area contributed by atoms with Gasteiger partial charge >= 0.3 is 11.6 Å². The molecule has 2 aromatic carbocycles. The van der Waals surface area contributed by atoms with E-state index in [0.29, 0.717) is 24.5 Å². The van der Waals surface area contributed by atoms with E-state index in [4.69, 9.17) is 17.9 Å². The topological polar surface area (TPSA) is 141 Å². The van der Waals surface area contributed by atoms with Crippen molar-refractivity contribution in [3.8, 4) is 17.4 Å². The van der Waals surface area contributed by atoms with Crippen LogP contribution in [-0.2, 0) is 11.6 Å². The Labute approximate surface area is 244 Å². The molecule has 11 nitrogen and oxygen atoms in total. The van der Waals surface area contributed by atoms with Gasteiger partial charge in [-0.15, -0.1) is 0 Å². The molecular weight excluding hydrogens is 565 g/mol. The fourth-order valence-electron chi connectivity index (χ4n) is 4.04. The Balaban J connectivity index is 0.00000129. The third-order valence-corrected chi connectivity index (χ3v) is 6.19. The summed E-state index contributed by atoms with van der Waals surface area (Å²) in [5.74, 6) is 0.459. The Bertz CT molecular complexity index is 1520. The van der Waals surface area contributed by atoms with Crippen LogP contribution < -0.4 is 14.8 Å². The highest BCUT2D eigenvalue weighted by molar-refractivity contribution is 7.51. The minimum Gasteiger partial charge on any atom is -0.490 e. The Hall–Kier alpha value is -5.04. The average Bonchev–Trinajstić information content (AvgIpc) is 3.01. The van der Waals surface area contributed by atoms with Crippen molar-refractivity contribution in [2.45, 2.75) is 25.9 Å². The summed E-state index contributed by atoms with van der Waals surface area (Å²) >= 11 is -0.750. The fourth-order valence-corrected chi connectivity index (χ4v) is 4.04. The molecular formula is C29H26FN5O6S. The van der Waals surface area contributed by atoms with Gasteiger partial charge in [-0.1, -0.05) is 17.7 Å². The zero-order chi connectivity index (χ0) is 29.9. The molecule has 0 radical (unpaired) electrons. The Morgan fingerprint density at radius 2 is 1.48 bits per heavy atom. The lowest BCUT2D eigenvalue weighted by Crippen LogP contribution is -2.42. The van der Waals surface area contributed by atoms with Crippen LogP contribution in [0.1, 0.15) is 39.4 Å². The van der Waals surface area contributed by atoms with Gasteiger partial charge in [0.15, 0.2) is 0 Å². The number of piperidine rings is 1. The number of pyridine rings is 1. The number of halogens is 1. The van der Waals surface area contributed by atoms with Crippen molar-refractivity contribution in [3.63, 3.8) is 0 Å². The first-order chi connectivity index (χ1) is 20.3. The van der Waals surface area contributed by atoms with Crippen LogP contribution >= 0.6 is 0 Å². The molecule has 2 amide bonds. The van der Waals surface area contributed by atoms with E-state index in [0.717, 1.165) is 18.6 Å². The highest BCUT2D eigenvalue weighted by Crippen LogP contribution is 2.22. The first-order valence-corrected chi connectivity index (χ1v) is 13.5. The van der Waals surface area contributed by atoms with E-state index >= 15 is 0 Å². The number of benzene rings is 2. The van der Waals surface area contributed by atoms with Crippen molar-refractivity contribution in [1.29, 1.82) is 0 Å². The zero-order valence-electron chi connectivity index (χ0n) is 22.4. The maximum absolute atomic E-state index is 13.0. The third-order valence-electron chi connectivity index (χ3n) is 6.19. The highest BCUT2D eigenvalue weighted by Gasteiger charge is 2.26. The zero-order valence-corrected chi connectivity index (χ0v) is 23.3. The van der Waals surface area contributed by atoms with Crippen LogP contribution in [-0.4, -0.2) is 59.3 Å². The van der Waals surface area contributed by atoms with Crippen LogP contribution in [0.2, 0.25) is 0 Å². The smallest absolute Gasteiger partial charge is 0.335 e. The number of amides is 2. The molecule has 1 N–H and O–H groups in total. The number of anilines is 1. The molecule has 0 spiro atoms. The Morgan fingerprint density at radius 1 is 0.857 bits per heavy atom. The van der Waals surface area contributed by atoms with Crippen molar-refractivity contribution in [2.24, 2.45) is 0 Å². The molecule has 13 heteroatoms. The number of rotatable bonds is 7. The lowest BCUT2D eigenvalue weighted by atomic mass is 10.1. The number of likely N-dealkylation sites (tertiary alicyclic amines) is 1. The van der Waals surface area contributed by atoms with E-state index in [2.05, 4.69) is 20.3 Å². The summed E-state index contributed by atoms with van der Waals surface area (Å²) in [6.07, 6.45) is 5.49. The van der Waals surface area contributed by atoms with E-state index in [9.17, 15) is 14.0 Å². The monoisotopic (exact) mass is 591 g/mol. The van der Waals surface area contributed by atoms with Gasteiger partial charge in [0.05, 0.1) is 24.3 Å². The fraction of sp³-hybridized carbons (Fsp3) is 0.207. The van der Waals surface area contributed by atoms with Crippen LogP contribution in [0.3, 0.4) is 0 Å².